The summed E-state index contributed by atoms with van der Waals surface area (Å²) in [5.74, 6) is 0. The lowest BCUT2D eigenvalue weighted by atomic mass is 10.2. The number of halogens is 1. The lowest BCUT2D eigenvalue weighted by molar-refractivity contribution is 0.146. The van der Waals surface area contributed by atoms with Gasteiger partial charge in [-0.25, -0.2) is 4.39 Å². The van der Waals surface area contributed by atoms with Gasteiger partial charge in [0.25, 0.3) is 0 Å². The Kier molecular flexibility index (Phi) is 1.01. The number of hydrogen-bond acceptors (Lipinski definition) is 2. The van der Waals surface area contributed by atoms with Crippen LogP contribution < -0.4 is 0 Å². The fourth-order valence-electron chi connectivity index (χ4n) is 0.313. The molecule has 0 unspecified atom stereocenters. The van der Waals surface area contributed by atoms with Crippen molar-refractivity contribution in [3.63, 3.8) is 0 Å². The van der Waals surface area contributed by atoms with E-state index in [0.29, 0.717) is 6.61 Å². The summed E-state index contributed by atoms with van der Waals surface area (Å²) in [6, 6.07) is 0. The summed E-state index contributed by atoms with van der Waals surface area (Å²) < 4.78 is 16.1. The molecule has 3 heteroatoms. The predicted molar refractivity (Wildman–Crippen MR) is 21.7 cm³/mol. The molecule has 1 atom stereocenters. The fourth-order valence-corrected chi connectivity index (χ4v) is 0.313. The van der Waals surface area contributed by atoms with E-state index in [0.717, 1.165) is 0 Å². The minimum absolute atomic E-state index is 0.191. The van der Waals surface area contributed by atoms with Gasteiger partial charge in [0, 0.05) is 0 Å². The SMILES string of the molecule is OC[C@@]1(CF)CO1. The van der Waals surface area contributed by atoms with Crippen LogP contribution in [0.15, 0.2) is 0 Å². The highest BCUT2D eigenvalue weighted by atomic mass is 19.1. The molecule has 0 aromatic rings. The van der Waals surface area contributed by atoms with Gasteiger partial charge in [0.05, 0.1) is 13.2 Å². The third-order valence-corrected chi connectivity index (χ3v) is 1.08. The molecule has 0 radical (unpaired) electrons. The van der Waals surface area contributed by atoms with Crippen LogP contribution in [-0.2, 0) is 4.74 Å². The smallest absolute Gasteiger partial charge is 0.143 e. The second-order valence-electron chi connectivity index (χ2n) is 1.76. The summed E-state index contributed by atoms with van der Waals surface area (Å²) in [5.41, 5.74) is -0.778. The van der Waals surface area contributed by atoms with Crippen LogP contribution in [0.2, 0.25) is 0 Å². The third-order valence-electron chi connectivity index (χ3n) is 1.08. The molecule has 7 heavy (non-hydrogen) atoms. The zero-order valence-corrected chi connectivity index (χ0v) is 3.85. The summed E-state index contributed by atoms with van der Waals surface area (Å²) >= 11 is 0. The van der Waals surface area contributed by atoms with Crippen molar-refractivity contribution in [2.24, 2.45) is 0 Å². The molecule has 0 amide bonds. The Bertz CT molecular complexity index is 64.1. The van der Waals surface area contributed by atoms with Gasteiger partial charge in [-0.1, -0.05) is 0 Å². The maximum atomic E-state index is 11.5. The van der Waals surface area contributed by atoms with E-state index in [1.807, 2.05) is 0 Å². The van der Waals surface area contributed by atoms with E-state index in [2.05, 4.69) is 4.74 Å². The lowest BCUT2D eigenvalue weighted by Gasteiger charge is -1.96. The number of epoxide rings is 1. The molecule has 0 spiro atoms. The van der Waals surface area contributed by atoms with E-state index < -0.39 is 12.3 Å². The number of alkyl halides is 1. The molecule has 1 N–H and O–H groups in total. The number of aliphatic hydroxyl groups excluding tert-OH is 1. The van der Waals surface area contributed by atoms with Gasteiger partial charge in [-0.05, 0) is 0 Å². The van der Waals surface area contributed by atoms with Gasteiger partial charge < -0.3 is 9.84 Å². The van der Waals surface area contributed by atoms with Crippen LogP contribution in [0.5, 0.6) is 0 Å². The topological polar surface area (TPSA) is 32.8 Å². The molecule has 0 saturated carbocycles. The summed E-state index contributed by atoms with van der Waals surface area (Å²) in [7, 11) is 0. The molecule has 2 nitrogen and oxygen atoms in total. The molecule has 0 aliphatic carbocycles. The van der Waals surface area contributed by atoms with Crippen LogP contribution in [0.25, 0.3) is 0 Å². The first-order valence-corrected chi connectivity index (χ1v) is 2.14. The molecule has 1 fully saturated rings. The van der Waals surface area contributed by atoms with Crippen LogP contribution in [0, 0.1) is 0 Å². The zero-order chi connectivity index (χ0) is 5.33. The van der Waals surface area contributed by atoms with Gasteiger partial charge >= 0.3 is 0 Å². The molecule has 0 aromatic heterocycles. The van der Waals surface area contributed by atoms with E-state index in [-0.39, 0.29) is 6.61 Å². The fraction of sp³-hybridized carbons (Fsp3) is 1.00. The number of aliphatic hydroxyl groups is 1. The van der Waals surface area contributed by atoms with Crippen molar-refractivity contribution in [3.05, 3.63) is 0 Å². The quantitative estimate of drug-likeness (QED) is 0.491. The van der Waals surface area contributed by atoms with E-state index in [4.69, 9.17) is 5.11 Å². The maximum absolute atomic E-state index is 11.5. The van der Waals surface area contributed by atoms with Gasteiger partial charge in [0.1, 0.15) is 12.3 Å². The normalized spacial score (nSPS) is 38.6. The molecule has 0 bridgehead atoms. The van der Waals surface area contributed by atoms with Crippen LogP contribution in [-0.4, -0.2) is 30.6 Å². The summed E-state index contributed by atoms with van der Waals surface area (Å²) in [4.78, 5) is 0. The van der Waals surface area contributed by atoms with E-state index >= 15 is 0 Å². The minimum Gasteiger partial charge on any atom is -0.393 e. The number of hydrogen-bond donors (Lipinski definition) is 1. The van der Waals surface area contributed by atoms with Crippen LogP contribution in [0.3, 0.4) is 0 Å². The highest BCUT2D eigenvalue weighted by Gasteiger charge is 2.44. The predicted octanol–water partition coefficient (Wildman–Crippen LogP) is -0.283. The van der Waals surface area contributed by atoms with Crippen molar-refractivity contribution in [2.75, 3.05) is 19.9 Å². The average molecular weight is 106 g/mol. The van der Waals surface area contributed by atoms with E-state index in [1.54, 1.807) is 0 Å². The summed E-state index contributed by atoms with van der Waals surface area (Å²) in [5, 5.41) is 8.29. The highest BCUT2D eigenvalue weighted by Crippen LogP contribution is 2.25. The number of rotatable bonds is 2. The summed E-state index contributed by atoms with van der Waals surface area (Å²) in [6.07, 6.45) is 0. The minimum atomic E-state index is -0.778. The molecule has 1 heterocycles. The second-order valence-corrected chi connectivity index (χ2v) is 1.76. The monoisotopic (exact) mass is 106 g/mol. The first-order valence-electron chi connectivity index (χ1n) is 2.14. The molecular weight excluding hydrogens is 99.0 g/mol. The Morgan fingerprint density at radius 1 is 1.86 bits per heavy atom. The van der Waals surface area contributed by atoms with Crippen molar-refractivity contribution in [1.82, 2.24) is 0 Å². The lowest BCUT2D eigenvalue weighted by Crippen LogP contribution is -2.18. The first kappa shape index (κ1) is 5.00. The Balaban J connectivity index is 2.28. The summed E-state index contributed by atoms with van der Waals surface area (Å²) in [6.45, 7) is -0.382. The van der Waals surface area contributed by atoms with Crippen LogP contribution in [0.4, 0.5) is 4.39 Å². The van der Waals surface area contributed by atoms with Crippen molar-refractivity contribution < 1.29 is 14.2 Å². The maximum Gasteiger partial charge on any atom is 0.143 e. The second kappa shape index (κ2) is 1.42. The van der Waals surface area contributed by atoms with Gasteiger partial charge in [0.2, 0.25) is 0 Å². The Hall–Kier alpha value is -0.150. The van der Waals surface area contributed by atoms with E-state index in [1.165, 1.54) is 0 Å². The van der Waals surface area contributed by atoms with Crippen molar-refractivity contribution in [3.8, 4) is 0 Å². The average Bonchev–Trinajstić information content (AvgIpc) is 2.46. The highest BCUT2D eigenvalue weighted by molar-refractivity contribution is 4.90. The van der Waals surface area contributed by atoms with Crippen LogP contribution in [0.1, 0.15) is 0 Å². The number of ether oxygens (including phenoxy) is 1. The molecule has 0 aromatic carbocycles. The van der Waals surface area contributed by atoms with Crippen molar-refractivity contribution >= 4 is 0 Å². The molecule has 1 aliphatic rings. The Morgan fingerprint density at radius 2 is 2.43 bits per heavy atom. The largest absolute Gasteiger partial charge is 0.393 e. The Labute approximate surface area is 40.9 Å². The van der Waals surface area contributed by atoms with Crippen molar-refractivity contribution in [1.29, 1.82) is 0 Å². The Morgan fingerprint density at radius 3 is 2.43 bits per heavy atom. The molecule has 1 aliphatic heterocycles. The standard InChI is InChI=1S/C4H7FO2/c5-1-4(2-6)3-7-4/h6H,1-3H2/t4-/m0/s1. The van der Waals surface area contributed by atoms with Gasteiger partial charge in [-0.2, -0.15) is 0 Å². The zero-order valence-electron chi connectivity index (χ0n) is 3.85. The third kappa shape index (κ3) is 0.737. The van der Waals surface area contributed by atoms with Crippen molar-refractivity contribution in [2.45, 2.75) is 5.60 Å². The first-order chi connectivity index (χ1) is 3.33. The van der Waals surface area contributed by atoms with Crippen LogP contribution >= 0.6 is 0 Å². The van der Waals surface area contributed by atoms with Gasteiger partial charge in [-0.3, -0.25) is 0 Å². The van der Waals surface area contributed by atoms with Gasteiger partial charge in [-0.15, -0.1) is 0 Å². The molecule has 1 saturated heterocycles. The molecule has 42 valence electrons. The van der Waals surface area contributed by atoms with E-state index in [9.17, 15) is 4.39 Å². The molecular formula is C4H7FO2. The molecule has 1 rings (SSSR count). The van der Waals surface area contributed by atoms with Gasteiger partial charge in [0.15, 0.2) is 0 Å².